The molecule has 4 rings (SSSR count). The topological polar surface area (TPSA) is 67.2 Å². The molecule has 2 heterocycles. The van der Waals surface area contributed by atoms with Gasteiger partial charge in [0.25, 0.3) is 0 Å². The molecule has 1 N–H and O–H groups in total. The Morgan fingerprint density at radius 3 is 2.77 bits per heavy atom. The number of nitrogens with zero attached hydrogens (tertiary/aromatic N) is 3. The van der Waals surface area contributed by atoms with Gasteiger partial charge in [0.15, 0.2) is 0 Å². The minimum Gasteiger partial charge on any atom is -0.326 e. The van der Waals surface area contributed by atoms with E-state index in [0.29, 0.717) is 19.0 Å². The van der Waals surface area contributed by atoms with Crippen LogP contribution in [0.2, 0.25) is 0 Å². The molecule has 6 heteroatoms. The van der Waals surface area contributed by atoms with Crippen molar-refractivity contribution in [3.63, 3.8) is 0 Å². The molecule has 0 bridgehead atoms. The van der Waals surface area contributed by atoms with Crippen LogP contribution in [0, 0.1) is 5.92 Å². The maximum Gasteiger partial charge on any atom is 0.229 e. The summed E-state index contributed by atoms with van der Waals surface area (Å²) in [7, 11) is 0. The second kappa shape index (κ2) is 8.53. The summed E-state index contributed by atoms with van der Waals surface area (Å²) < 4.78 is 1.83. The predicted molar refractivity (Wildman–Crippen MR) is 117 cm³/mol. The first-order valence-corrected chi connectivity index (χ1v) is 10.3. The average Bonchev–Trinajstić information content (AvgIpc) is 3.38. The van der Waals surface area contributed by atoms with Gasteiger partial charge in [0.1, 0.15) is 0 Å². The zero-order chi connectivity index (χ0) is 21.1. The molecule has 6 nitrogen and oxygen atoms in total. The van der Waals surface area contributed by atoms with E-state index in [2.05, 4.69) is 30.3 Å². The minimum atomic E-state index is -0.366. The van der Waals surface area contributed by atoms with E-state index in [1.165, 1.54) is 5.56 Å². The molecule has 2 aromatic carbocycles. The molecule has 1 saturated heterocycles. The molecular formula is C24H26N4O2. The Labute approximate surface area is 176 Å². The third-order valence-electron chi connectivity index (χ3n) is 5.44. The van der Waals surface area contributed by atoms with E-state index in [1.54, 1.807) is 11.1 Å². The van der Waals surface area contributed by atoms with E-state index in [9.17, 15) is 9.59 Å². The standard InChI is InChI=1S/C24H26N4O2/c1-17(2)19-7-4-9-22(13-19)28-16-20(14-23(28)29)24(30)26-21-8-3-6-18(12-21)15-27-11-5-10-25-27/h3-13,17,20H,14-16H2,1-2H3,(H,26,30). The fourth-order valence-corrected chi connectivity index (χ4v) is 3.76. The van der Waals surface area contributed by atoms with Crippen LogP contribution in [-0.2, 0) is 16.1 Å². The van der Waals surface area contributed by atoms with E-state index in [-0.39, 0.29) is 24.2 Å². The number of hydrogen-bond acceptors (Lipinski definition) is 3. The van der Waals surface area contributed by atoms with E-state index in [4.69, 9.17) is 0 Å². The first-order chi connectivity index (χ1) is 14.5. The Balaban J connectivity index is 1.42. The van der Waals surface area contributed by atoms with Gasteiger partial charge < -0.3 is 10.2 Å². The number of benzene rings is 2. The highest BCUT2D eigenvalue weighted by atomic mass is 16.2. The van der Waals surface area contributed by atoms with Crippen LogP contribution in [0.4, 0.5) is 11.4 Å². The number of carbonyl (C=O) groups is 2. The van der Waals surface area contributed by atoms with Crippen molar-refractivity contribution in [2.75, 3.05) is 16.8 Å². The van der Waals surface area contributed by atoms with Crippen molar-refractivity contribution in [3.8, 4) is 0 Å². The molecule has 1 aliphatic heterocycles. The molecule has 1 atom stereocenters. The molecule has 1 fully saturated rings. The lowest BCUT2D eigenvalue weighted by molar-refractivity contribution is -0.122. The average molecular weight is 402 g/mol. The van der Waals surface area contributed by atoms with Crippen molar-refractivity contribution in [1.82, 2.24) is 9.78 Å². The molecule has 30 heavy (non-hydrogen) atoms. The predicted octanol–water partition coefficient (Wildman–Crippen LogP) is 4.05. The molecule has 0 aliphatic carbocycles. The van der Waals surface area contributed by atoms with Gasteiger partial charge in [-0.1, -0.05) is 38.1 Å². The van der Waals surface area contributed by atoms with Crippen molar-refractivity contribution < 1.29 is 9.59 Å². The van der Waals surface area contributed by atoms with Crippen LogP contribution >= 0.6 is 0 Å². The smallest absolute Gasteiger partial charge is 0.229 e. The van der Waals surface area contributed by atoms with Crippen LogP contribution in [0.1, 0.15) is 37.3 Å². The highest BCUT2D eigenvalue weighted by Gasteiger charge is 2.35. The Bertz CT molecular complexity index is 1040. The SMILES string of the molecule is CC(C)c1cccc(N2CC(C(=O)Nc3cccc(Cn4cccn4)c3)CC2=O)c1. The number of aromatic nitrogens is 2. The van der Waals surface area contributed by atoms with Crippen molar-refractivity contribution in [1.29, 1.82) is 0 Å². The molecule has 1 aliphatic rings. The first kappa shape index (κ1) is 19.9. The van der Waals surface area contributed by atoms with Gasteiger partial charge in [-0.2, -0.15) is 5.10 Å². The van der Waals surface area contributed by atoms with Crippen LogP contribution in [0.3, 0.4) is 0 Å². The quantitative estimate of drug-likeness (QED) is 0.676. The third-order valence-corrected chi connectivity index (χ3v) is 5.44. The molecule has 3 aromatic rings. The second-order valence-electron chi connectivity index (χ2n) is 8.05. The lowest BCUT2D eigenvalue weighted by atomic mass is 10.0. The van der Waals surface area contributed by atoms with E-state index < -0.39 is 0 Å². The van der Waals surface area contributed by atoms with Gasteiger partial charge in [-0.15, -0.1) is 0 Å². The van der Waals surface area contributed by atoms with Gasteiger partial charge in [-0.3, -0.25) is 14.3 Å². The molecule has 0 spiro atoms. The van der Waals surface area contributed by atoms with Crippen LogP contribution in [0.5, 0.6) is 0 Å². The monoisotopic (exact) mass is 402 g/mol. The summed E-state index contributed by atoms with van der Waals surface area (Å²) in [6, 6.07) is 17.6. The summed E-state index contributed by atoms with van der Waals surface area (Å²) in [5.74, 6) is -0.115. The maximum absolute atomic E-state index is 12.8. The lowest BCUT2D eigenvalue weighted by Crippen LogP contribution is -2.28. The summed E-state index contributed by atoms with van der Waals surface area (Å²) in [6.45, 7) is 5.29. The van der Waals surface area contributed by atoms with E-state index in [1.807, 2.05) is 59.4 Å². The Morgan fingerprint density at radius 2 is 2.00 bits per heavy atom. The number of nitrogens with one attached hydrogen (secondary N) is 1. The van der Waals surface area contributed by atoms with Gasteiger partial charge in [0, 0.05) is 36.7 Å². The highest BCUT2D eigenvalue weighted by Crippen LogP contribution is 2.28. The number of anilines is 2. The molecule has 154 valence electrons. The van der Waals surface area contributed by atoms with Crippen molar-refractivity contribution in [2.45, 2.75) is 32.7 Å². The number of amides is 2. The summed E-state index contributed by atoms with van der Waals surface area (Å²) >= 11 is 0. The number of rotatable bonds is 6. The zero-order valence-corrected chi connectivity index (χ0v) is 17.3. The summed E-state index contributed by atoms with van der Waals surface area (Å²) in [5.41, 5.74) is 3.83. The summed E-state index contributed by atoms with van der Waals surface area (Å²) in [6.07, 6.45) is 3.87. The highest BCUT2D eigenvalue weighted by molar-refractivity contribution is 6.03. The summed E-state index contributed by atoms with van der Waals surface area (Å²) in [4.78, 5) is 27.2. The van der Waals surface area contributed by atoms with Crippen molar-refractivity contribution >= 4 is 23.2 Å². The molecule has 1 aromatic heterocycles. The zero-order valence-electron chi connectivity index (χ0n) is 17.3. The van der Waals surface area contributed by atoms with Crippen LogP contribution in [-0.4, -0.2) is 28.1 Å². The molecule has 2 amide bonds. The van der Waals surface area contributed by atoms with E-state index >= 15 is 0 Å². The van der Waals surface area contributed by atoms with Crippen LogP contribution in [0.25, 0.3) is 0 Å². The normalized spacial score (nSPS) is 16.3. The minimum absolute atomic E-state index is 0.0107. The first-order valence-electron chi connectivity index (χ1n) is 10.3. The Hall–Kier alpha value is -3.41. The Kier molecular flexibility index (Phi) is 5.65. The molecule has 0 saturated carbocycles. The van der Waals surface area contributed by atoms with Gasteiger partial charge >= 0.3 is 0 Å². The molecular weight excluding hydrogens is 376 g/mol. The molecule has 0 radical (unpaired) electrons. The van der Waals surface area contributed by atoms with Crippen molar-refractivity contribution in [3.05, 3.63) is 78.1 Å². The van der Waals surface area contributed by atoms with Gasteiger partial charge in [-0.25, -0.2) is 0 Å². The van der Waals surface area contributed by atoms with Crippen LogP contribution in [0.15, 0.2) is 67.0 Å². The third kappa shape index (κ3) is 4.43. The molecule has 1 unspecified atom stereocenters. The van der Waals surface area contributed by atoms with Gasteiger partial charge in [0.2, 0.25) is 11.8 Å². The maximum atomic E-state index is 12.8. The van der Waals surface area contributed by atoms with Crippen LogP contribution < -0.4 is 10.2 Å². The van der Waals surface area contributed by atoms with Crippen molar-refractivity contribution in [2.24, 2.45) is 5.92 Å². The van der Waals surface area contributed by atoms with Gasteiger partial charge in [-0.05, 0) is 47.4 Å². The number of carbonyl (C=O) groups excluding carboxylic acids is 2. The fraction of sp³-hybridized carbons (Fsp3) is 0.292. The fourth-order valence-electron chi connectivity index (χ4n) is 3.76. The largest absolute Gasteiger partial charge is 0.326 e. The van der Waals surface area contributed by atoms with E-state index in [0.717, 1.165) is 16.9 Å². The summed E-state index contributed by atoms with van der Waals surface area (Å²) in [5, 5.41) is 7.19. The Morgan fingerprint density at radius 1 is 1.17 bits per heavy atom. The lowest BCUT2D eigenvalue weighted by Gasteiger charge is -2.18. The second-order valence-corrected chi connectivity index (χ2v) is 8.05. The van der Waals surface area contributed by atoms with Gasteiger partial charge in [0.05, 0.1) is 12.5 Å². The number of hydrogen-bond donors (Lipinski definition) is 1.